The molecule has 0 aromatic heterocycles. The molecule has 2 aromatic rings. The molecule has 5 N–H and O–H groups in total. The predicted octanol–water partition coefficient (Wildman–Crippen LogP) is 1.57. The van der Waals surface area contributed by atoms with E-state index < -0.39 is 33.6 Å². The Hall–Kier alpha value is -3.44. The molecule has 0 bridgehead atoms. The minimum absolute atomic E-state index is 0.0201. The number of piperidine rings is 1. The Morgan fingerprint density at radius 3 is 2.15 bits per heavy atom. The molecule has 34 heavy (non-hydrogen) atoms. The maximum absolute atomic E-state index is 12.9. The lowest BCUT2D eigenvalue weighted by atomic mass is 9.98. The van der Waals surface area contributed by atoms with E-state index in [1.165, 1.54) is 38.1 Å². The van der Waals surface area contributed by atoms with E-state index in [0.717, 1.165) is 10.6 Å². The molecule has 0 aliphatic carbocycles. The standard InChI is InChI=1S/C23H29N5O5S/c1-16(29)28(23(2,22(30)31)26-34(32,33)20-6-4-3-5-7-20)19-12-14-27(15-13-19)18-10-8-17(9-11-18)21(24)25/h3-11,19,26H,12-15H2,1-2H3,(H3,24,25)(H,30,31)/t23-/m1/s1. The molecule has 1 heterocycles. The van der Waals surface area contributed by atoms with Gasteiger partial charge in [0.05, 0.1) is 4.90 Å². The number of nitrogens with two attached hydrogens (primary N) is 1. The summed E-state index contributed by atoms with van der Waals surface area (Å²) >= 11 is 0. The topological polar surface area (TPSA) is 157 Å². The molecular weight excluding hydrogens is 458 g/mol. The molecule has 1 saturated heterocycles. The van der Waals surface area contributed by atoms with E-state index >= 15 is 0 Å². The van der Waals surface area contributed by atoms with Crippen molar-refractivity contribution in [2.24, 2.45) is 5.73 Å². The molecule has 1 fully saturated rings. The van der Waals surface area contributed by atoms with Gasteiger partial charge in [0.1, 0.15) is 5.84 Å². The number of anilines is 1. The van der Waals surface area contributed by atoms with Gasteiger partial charge in [-0.05, 0) is 56.2 Å². The minimum Gasteiger partial charge on any atom is -0.478 e. The fourth-order valence-electron chi connectivity index (χ4n) is 4.29. The maximum atomic E-state index is 12.9. The zero-order valence-corrected chi connectivity index (χ0v) is 19.9. The number of carboxylic acids is 1. The van der Waals surface area contributed by atoms with Crippen molar-refractivity contribution in [1.82, 2.24) is 9.62 Å². The van der Waals surface area contributed by atoms with Crippen LogP contribution in [0.3, 0.4) is 0 Å². The number of hydrogen-bond acceptors (Lipinski definition) is 6. The number of carboxylic acid groups (broad SMARTS) is 1. The molecule has 11 heteroatoms. The number of sulfonamides is 1. The van der Waals surface area contributed by atoms with Crippen molar-refractivity contribution in [2.75, 3.05) is 18.0 Å². The number of nitrogen functional groups attached to an aromatic ring is 1. The Balaban J connectivity index is 1.82. The van der Waals surface area contributed by atoms with Crippen LogP contribution in [-0.2, 0) is 19.6 Å². The van der Waals surface area contributed by atoms with Crippen LogP contribution in [0.2, 0.25) is 0 Å². The van der Waals surface area contributed by atoms with Crippen LogP contribution >= 0.6 is 0 Å². The van der Waals surface area contributed by atoms with E-state index in [1.54, 1.807) is 18.2 Å². The molecule has 1 atom stereocenters. The number of amides is 1. The van der Waals surface area contributed by atoms with Crippen LogP contribution in [0.5, 0.6) is 0 Å². The lowest BCUT2D eigenvalue weighted by Crippen LogP contribution is -2.68. The minimum atomic E-state index is -4.21. The Bertz CT molecular complexity index is 1160. The molecule has 0 saturated carbocycles. The largest absolute Gasteiger partial charge is 0.478 e. The van der Waals surface area contributed by atoms with Crippen LogP contribution in [0.4, 0.5) is 5.69 Å². The van der Waals surface area contributed by atoms with E-state index in [1.807, 2.05) is 12.1 Å². The number of carbonyl (C=O) groups is 2. The Labute approximate surface area is 198 Å². The average molecular weight is 488 g/mol. The average Bonchev–Trinajstić information content (AvgIpc) is 2.79. The molecule has 0 radical (unpaired) electrons. The smallest absolute Gasteiger partial charge is 0.345 e. The summed E-state index contributed by atoms with van der Waals surface area (Å²) in [5.74, 6) is -2.03. The number of carbonyl (C=O) groups excluding carboxylic acids is 1. The molecular formula is C23H29N5O5S. The molecule has 10 nitrogen and oxygen atoms in total. The second kappa shape index (κ2) is 9.82. The first-order valence-electron chi connectivity index (χ1n) is 10.8. The van der Waals surface area contributed by atoms with Crippen LogP contribution < -0.4 is 15.4 Å². The number of nitrogens with zero attached hydrogens (tertiary/aromatic N) is 2. The first-order valence-corrected chi connectivity index (χ1v) is 12.3. The number of nitrogens with one attached hydrogen (secondary N) is 2. The number of aliphatic carboxylic acids is 1. The first kappa shape index (κ1) is 25.2. The van der Waals surface area contributed by atoms with Gasteiger partial charge in [-0.25, -0.2) is 13.2 Å². The van der Waals surface area contributed by atoms with Gasteiger partial charge in [0.25, 0.3) is 0 Å². The van der Waals surface area contributed by atoms with Gasteiger partial charge in [-0.3, -0.25) is 10.2 Å². The molecule has 1 amide bonds. The van der Waals surface area contributed by atoms with Gasteiger partial charge in [0, 0.05) is 37.3 Å². The second-order valence-electron chi connectivity index (χ2n) is 8.36. The predicted molar refractivity (Wildman–Crippen MR) is 128 cm³/mol. The third-order valence-electron chi connectivity index (χ3n) is 6.00. The highest BCUT2D eigenvalue weighted by atomic mass is 32.2. The van der Waals surface area contributed by atoms with Crippen molar-refractivity contribution in [2.45, 2.75) is 43.3 Å². The van der Waals surface area contributed by atoms with E-state index in [2.05, 4.69) is 9.62 Å². The quantitative estimate of drug-likeness (QED) is 0.250. The van der Waals surface area contributed by atoms with Gasteiger partial charge in [-0.1, -0.05) is 18.2 Å². The van der Waals surface area contributed by atoms with Crippen LogP contribution in [0.15, 0.2) is 59.5 Å². The lowest BCUT2D eigenvalue weighted by molar-refractivity contribution is -0.161. The molecule has 2 aromatic carbocycles. The monoisotopic (exact) mass is 487 g/mol. The van der Waals surface area contributed by atoms with Gasteiger partial charge in [-0.15, -0.1) is 0 Å². The van der Waals surface area contributed by atoms with Crippen molar-refractivity contribution < 1.29 is 23.1 Å². The van der Waals surface area contributed by atoms with Gasteiger partial charge in [0.15, 0.2) is 0 Å². The fourth-order valence-corrected chi connectivity index (χ4v) is 5.63. The summed E-state index contributed by atoms with van der Waals surface area (Å²) in [6.07, 6.45) is 0.897. The Morgan fingerprint density at radius 1 is 1.12 bits per heavy atom. The Kier molecular flexibility index (Phi) is 7.27. The zero-order valence-electron chi connectivity index (χ0n) is 19.1. The number of hydrogen-bond donors (Lipinski definition) is 4. The molecule has 0 spiro atoms. The van der Waals surface area contributed by atoms with Gasteiger partial charge >= 0.3 is 5.97 Å². The molecule has 0 unspecified atom stereocenters. The normalized spacial score (nSPS) is 16.5. The molecule has 3 rings (SSSR count). The Morgan fingerprint density at radius 2 is 1.68 bits per heavy atom. The highest BCUT2D eigenvalue weighted by Gasteiger charge is 2.48. The van der Waals surface area contributed by atoms with Gasteiger partial charge < -0.3 is 20.6 Å². The highest BCUT2D eigenvalue weighted by molar-refractivity contribution is 7.89. The summed E-state index contributed by atoms with van der Waals surface area (Å²) in [7, 11) is -4.21. The van der Waals surface area contributed by atoms with Crippen LogP contribution in [-0.4, -0.2) is 60.9 Å². The summed E-state index contributed by atoms with van der Waals surface area (Å²) in [6, 6.07) is 14.2. The van der Waals surface area contributed by atoms with Crippen molar-refractivity contribution in [3.63, 3.8) is 0 Å². The summed E-state index contributed by atoms with van der Waals surface area (Å²) in [4.78, 5) is 28.1. The van der Waals surface area contributed by atoms with Crippen molar-refractivity contribution in [3.8, 4) is 0 Å². The van der Waals surface area contributed by atoms with Crippen molar-refractivity contribution in [1.29, 1.82) is 5.41 Å². The van der Waals surface area contributed by atoms with E-state index in [4.69, 9.17) is 11.1 Å². The summed E-state index contributed by atoms with van der Waals surface area (Å²) in [5.41, 5.74) is 4.87. The van der Waals surface area contributed by atoms with E-state index in [0.29, 0.717) is 31.5 Å². The van der Waals surface area contributed by atoms with Crippen LogP contribution in [0.1, 0.15) is 32.3 Å². The number of rotatable bonds is 8. The van der Waals surface area contributed by atoms with Crippen LogP contribution in [0, 0.1) is 5.41 Å². The van der Waals surface area contributed by atoms with Gasteiger partial charge in [-0.2, -0.15) is 4.72 Å². The molecule has 1 aliphatic heterocycles. The van der Waals surface area contributed by atoms with Crippen molar-refractivity contribution >= 4 is 33.4 Å². The third-order valence-corrected chi connectivity index (χ3v) is 7.56. The maximum Gasteiger partial charge on any atom is 0.345 e. The summed E-state index contributed by atoms with van der Waals surface area (Å²) < 4.78 is 28.1. The number of amidine groups is 1. The second-order valence-corrected chi connectivity index (χ2v) is 10.0. The van der Waals surface area contributed by atoms with E-state index in [9.17, 15) is 23.1 Å². The van der Waals surface area contributed by atoms with Crippen LogP contribution in [0.25, 0.3) is 0 Å². The SMILES string of the molecule is CC(=O)N(C1CCN(c2ccc(C(=N)N)cc2)CC1)[C@@](C)(NS(=O)(=O)c1ccccc1)C(=O)O. The summed E-state index contributed by atoms with van der Waals surface area (Å²) in [6.45, 7) is 3.51. The lowest BCUT2D eigenvalue weighted by Gasteiger charge is -2.45. The van der Waals surface area contributed by atoms with Crippen molar-refractivity contribution in [3.05, 3.63) is 60.2 Å². The number of benzene rings is 2. The zero-order chi connectivity index (χ0) is 25.1. The molecule has 182 valence electrons. The fraction of sp³-hybridized carbons (Fsp3) is 0.348. The van der Waals surface area contributed by atoms with E-state index in [-0.39, 0.29) is 10.7 Å². The van der Waals surface area contributed by atoms with Gasteiger partial charge in [0.2, 0.25) is 21.6 Å². The summed E-state index contributed by atoms with van der Waals surface area (Å²) in [5, 5.41) is 17.5. The third kappa shape index (κ3) is 5.20. The molecule has 1 aliphatic rings. The first-order chi connectivity index (χ1) is 16.0. The highest BCUT2D eigenvalue weighted by Crippen LogP contribution is 2.28.